The van der Waals surface area contributed by atoms with Crippen LogP contribution in [0.2, 0.25) is 0 Å². The van der Waals surface area contributed by atoms with Gasteiger partial charge in [-0.3, -0.25) is 0 Å². The highest BCUT2D eigenvalue weighted by Crippen LogP contribution is 2.27. The molecule has 2 fully saturated rings. The first-order valence-corrected chi connectivity index (χ1v) is 8.77. The summed E-state index contributed by atoms with van der Waals surface area (Å²) in [6, 6.07) is 21.4. The highest BCUT2D eigenvalue weighted by Gasteiger charge is 2.26. The summed E-state index contributed by atoms with van der Waals surface area (Å²) >= 11 is 0. The van der Waals surface area contributed by atoms with Crippen molar-refractivity contribution in [3.63, 3.8) is 0 Å². The first-order valence-electron chi connectivity index (χ1n) is 8.77. The second kappa shape index (κ2) is 8.97. The Hall–Kier alpha value is -1.68. The van der Waals surface area contributed by atoms with Crippen LogP contribution in [0.1, 0.15) is 30.4 Å². The summed E-state index contributed by atoms with van der Waals surface area (Å²) in [6.07, 6.45) is 1.93. The van der Waals surface area contributed by atoms with Gasteiger partial charge in [-0.15, -0.1) is 0 Å². The summed E-state index contributed by atoms with van der Waals surface area (Å²) < 4.78 is 15.1. The Bertz CT molecular complexity index is 525. The molecule has 0 bridgehead atoms. The van der Waals surface area contributed by atoms with Crippen LogP contribution in [-0.4, -0.2) is 38.6 Å². The second-order valence-corrected chi connectivity index (χ2v) is 6.23. The molecular formula is C21H26O3. The number of hydrogen-bond acceptors (Lipinski definition) is 3. The highest BCUT2D eigenvalue weighted by molar-refractivity contribution is 5.31. The van der Waals surface area contributed by atoms with Crippen molar-refractivity contribution in [1.29, 1.82) is 0 Å². The van der Waals surface area contributed by atoms with Gasteiger partial charge in [0.25, 0.3) is 0 Å². The van der Waals surface area contributed by atoms with Crippen molar-refractivity contribution >= 4 is 0 Å². The fraction of sp³-hybridized carbons (Fsp3) is 0.429. The number of benzene rings is 2. The summed E-state index contributed by atoms with van der Waals surface area (Å²) in [4.78, 5) is 0. The topological polar surface area (TPSA) is 34.3 Å². The van der Waals surface area contributed by atoms with Gasteiger partial charge in [0, 0.05) is 5.92 Å². The van der Waals surface area contributed by atoms with E-state index in [2.05, 4.69) is 67.6 Å². The third-order valence-electron chi connectivity index (χ3n) is 4.22. The minimum atomic E-state index is 0.392. The first kappa shape index (κ1) is 17.2. The number of ether oxygens (including phenoxy) is 3. The van der Waals surface area contributed by atoms with E-state index in [0.717, 1.165) is 32.8 Å². The maximum Gasteiger partial charge on any atom is 0.104 e. The molecule has 2 aromatic rings. The fourth-order valence-electron chi connectivity index (χ4n) is 2.69. The molecule has 0 radical (unpaired) electrons. The van der Waals surface area contributed by atoms with E-state index in [1.807, 2.05) is 0 Å². The number of rotatable bonds is 7. The molecule has 2 unspecified atom stereocenters. The lowest BCUT2D eigenvalue weighted by molar-refractivity contribution is 0.102. The van der Waals surface area contributed by atoms with Crippen molar-refractivity contribution in [2.75, 3.05) is 26.4 Å². The van der Waals surface area contributed by atoms with Crippen LogP contribution in [0.15, 0.2) is 60.7 Å². The molecule has 2 atom stereocenters. The molecule has 0 spiro atoms. The monoisotopic (exact) mass is 326 g/mol. The van der Waals surface area contributed by atoms with E-state index in [9.17, 15) is 0 Å². The zero-order valence-corrected chi connectivity index (χ0v) is 14.3. The van der Waals surface area contributed by atoms with Gasteiger partial charge in [-0.25, -0.2) is 0 Å². The van der Waals surface area contributed by atoms with Gasteiger partial charge in [0.05, 0.1) is 26.4 Å². The fourth-order valence-corrected chi connectivity index (χ4v) is 2.69. The molecular weight excluding hydrogens is 300 g/mol. The summed E-state index contributed by atoms with van der Waals surface area (Å²) in [6.45, 7) is 5.50. The van der Waals surface area contributed by atoms with Gasteiger partial charge in [0.15, 0.2) is 0 Å². The zero-order valence-electron chi connectivity index (χ0n) is 14.3. The molecule has 0 saturated carbocycles. The van der Waals surface area contributed by atoms with E-state index in [1.165, 1.54) is 11.1 Å². The van der Waals surface area contributed by atoms with Crippen molar-refractivity contribution in [2.45, 2.75) is 31.5 Å². The first-order chi connectivity index (χ1) is 11.9. The molecule has 3 nitrogen and oxygen atoms in total. The van der Waals surface area contributed by atoms with Crippen LogP contribution in [0.25, 0.3) is 0 Å². The van der Waals surface area contributed by atoms with Crippen LogP contribution in [-0.2, 0) is 14.2 Å². The Morgan fingerprint density at radius 2 is 1.25 bits per heavy atom. The van der Waals surface area contributed by atoms with Gasteiger partial charge in [0.1, 0.15) is 12.2 Å². The van der Waals surface area contributed by atoms with Gasteiger partial charge in [-0.1, -0.05) is 67.6 Å². The van der Waals surface area contributed by atoms with Crippen LogP contribution in [0.3, 0.4) is 0 Å². The Morgan fingerprint density at radius 1 is 0.833 bits per heavy atom. The van der Waals surface area contributed by atoms with Gasteiger partial charge in [-0.2, -0.15) is 0 Å². The predicted octanol–water partition coefficient (Wildman–Crippen LogP) is 4.03. The summed E-state index contributed by atoms with van der Waals surface area (Å²) in [5.74, 6) is 0.535. The zero-order chi connectivity index (χ0) is 16.6. The number of hydrogen-bond donors (Lipinski definition) is 0. The predicted molar refractivity (Wildman–Crippen MR) is 95.3 cm³/mol. The molecule has 2 aliphatic heterocycles. The molecule has 0 aliphatic carbocycles. The second-order valence-electron chi connectivity index (χ2n) is 6.23. The molecule has 3 heteroatoms. The molecule has 0 N–H and O–H groups in total. The molecule has 128 valence electrons. The third-order valence-corrected chi connectivity index (χ3v) is 4.22. The lowest BCUT2D eigenvalue weighted by Crippen LogP contribution is -2.06. The van der Waals surface area contributed by atoms with E-state index in [1.54, 1.807) is 0 Å². The van der Waals surface area contributed by atoms with E-state index in [-0.39, 0.29) is 0 Å². The smallest absolute Gasteiger partial charge is 0.104 e. The molecule has 24 heavy (non-hydrogen) atoms. The average Bonchev–Trinajstić information content (AvgIpc) is 3.54. The van der Waals surface area contributed by atoms with E-state index < -0.39 is 0 Å². The van der Waals surface area contributed by atoms with Crippen molar-refractivity contribution < 1.29 is 14.2 Å². The van der Waals surface area contributed by atoms with Crippen LogP contribution < -0.4 is 0 Å². The minimum Gasteiger partial charge on any atom is -0.376 e. The lowest BCUT2D eigenvalue weighted by Gasteiger charge is -2.15. The third kappa shape index (κ3) is 5.75. The summed E-state index contributed by atoms with van der Waals surface area (Å²) in [5, 5.41) is 0. The van der Waals surface area contributed by atoms with Crippen LogP contribution in [0.5, 0.6) is 0 Å². The van der Waals surface area contributed by atoms with Gasteiger partial charge >= 0.3 is 0 Å². The minimum absolute atomic E-state index is 0.392. The van der Waals surface area contributed by atoms with Gasteiger partial charge < -0.3 is 14.2 Å². The normalized spacial score (nSPS) is 21.1. The molecule has 0 aromatic heterocycles. The molecule has 2 heterocycles. The van der Waals surface area contributed by atoms with Crippen molar-refractivity contribution in [3.05, 3.63) is 71.8 Å². The molecule has 4 rings (SSSR count). The SMILES string of the molecule is C(OCC1CO1)C1CO1.CCC(c1ccccc1)c1ccccc1. The summed E-state index contributed by atoms with van der Waals surface area (Å²) in [5.41, 5.74) is 2.82. The largest absolute Gasteiger partial charge is 0.376 e. The Morgan fingerprint density at radius 3 is 1.58 bits per heavy atom. The van der Waals surface area contributed by atoms with Crippen LogP contribution in [0.4, 0.5) is 0 Å². The Labute approximate surface area is 144 Å². The van der Waals surface area contributed by atoms with Gasteiger partial charge in [0.2, 0.25) is 0 Å². The maximum atomic E-state index is 5.23. The van der Waals surface area contributed by atoms with Crippen molar-refractivity contribution in [1.82, 2.24) is 0 Å². The molecule has 2 aliphatic rings. The van der Waals surface area contributed by atoms with Crippen LogP contribution in [0, 0.1) is 0 Å². The molecule has 2 aromatic carbocycles. The molecule has 0 amide bonds. The average molecular weight is 326 g/mol. The van der Waals surface area contributed by atoms with Crippen molar-refractivity contribution in [3.8, 4) is 0 Å². The molecule has 2 saturated heterocycles. The van der Waals surface area contributed by atoms with E-state index in [4.69, 9.17) is 14.2 Å². The quantitative estimate of drug-likeness (QED) is 0.721. The Kier molecular flexibility index (Phi) is 6.41. The highest BCUT2D eigenvalue weighted by atomic mass is 16.6. The maximum absolute atomic E-state index is 5.23. The van der Waals surface area contributed by atoms with E-state index >= 15 is 0 Å². The van der Waals surface area contributed by atoms with E-state index in [0.29, 0.717) is 18.1 Å². The van der Waals surface area contributed by atoms with Crippen LogP contribution >= 0.6 is 0 Å². The summed E-state index contributed by atoms with van der Waals surface area (Å²) in [7, 11) is 0. The Balaban J connectivity index is 0.000000159. The van der Waals surface area contributed by atoms with Crippen molar-refractivity contribution in [2.24, 2.45) is 0 Å². The van der Waals surface area contributed by atoms with Gasteiger partial charge in [-0.05, 0) is 17.5 Å². The standard InChI is InChI=1S/C15H16.C6H10O3/c1-2-15(13-9-5-3-6-10-13)14-11-7-4-8-12-14;1(5-3-8-5)7-2-6-4-9-6/h3-12,15H,2H2,1H3;5-6H,1-4H2. The lowest BCUT2D eigenvalue weighted by atomic mass is 9.89. The number of epoxide rings is 2.